The van der Waals surface area contributed by atoms with Crippen molar-refractivity contribution >= 4 is 12.0 Å². The second-order valence-corrected chi connectivity index (χ2v) is 3.93. The van der Waals surface area contributed by atoms with Gasteiger partial charge in [-0.1, -0.05) is 0 Å². The summed E-state index contributed by atoms with van der Waals surface area (Å²) in [7, 11) is 0. The molecule has 0 unspecified atom stereocenters. The molecule has 8 heteroatoms. The Morgan fingerprint density at radius 2 is 2.10 bits per heavy atom. The zero-order valence-electron chi connectivity index (χ0n) is 11.5. The van der Waals surface area contributed by atoms with E-state index in [2.05, 4.69) is 4.74 Å². The first-order valence-corrected chi connectivity index (χ1v) is 5.16. The van der Waals surface area contributed by atoms with Gasteiger partial charge < -0.3 is 14.9 Å². The van der Waals surface area contributed by atoms with Gasteiger partial charge in [-0.05, 0) is 18.2 Å². The third-order valence-corrected chi connectivity index (χ3v) is 2.58. The first-order chi connectivity index (χ1) is 9.91. The van der Waals surface area contributed by atoms with Crippen LogP contribution in [0, 0.1) is 5.82 Å². The molecule has 0 bridgehead atoms. The van der Waals surface area contributed by atoms with Crippen LogP contribution in [0.1, 0.15) is 13.9 Å². The summed E-state index contributed by atoms with van der Waals surface area (Å²) in [4.78, 5) is 10.9. The minimum Gasteiger partial charge on any atom is -0.478 e. The van der Waals surface area contributed by atoms with Gasteiger partial charge in [-0.3, -0.25) is 0 Å². The van der Waals surface area contributed by atoms with E-state index >= 15 is 0 Å². The van der Waals surface area contributed by atoms with E-state index in [1.54, 1.807) is 0 Å². The molecule has 1 aromatic rings. The lowest BCUT2D eigenvalue weighted by molar-refractivity contribution is -0.187. The molecule has 1 aliphatic rings. The number of aliphatic hydroxyl groups is 1. The van der Waals surface area contributed by atoms with Crippen LogP contribution in [-0.4, -0.2) is 28.5 Å². The molecule has 1 atom stereocenters. The van der Waals surface area contributed by atoms with E-state index in [1.165, 1.54) is 0 Å². The second-order valence-electron chi connectivity index (χ2n) is 3.93. The standard InChI is InChI=1S/C12H8F4O4/c13-7-1-5-3-8(11(18)19)10(12(14,15)16)20-9(5)6(2-7)4-17/h1-3,10,17H,4H2,(H,18,19)/t10-/m1/s1/i4D2. The third kappa shape index (κ3) is 2.46. The predicted molar refractivity (Wildman–Crippen MR) is 58.4 cm³/mol. The highest BCUT2D eigenvalue weighted by atomic mass is 19.4. The van der Waals surface area contributed by atoms with Gasteiger partial charge in [-0.15, -0.1) is 0 Å². The average molecular weight is 294 g/mol. The molecular weight excluding hydrogens is 284 g/mol. The molecule has 0 aliphatic carbocycles. The molecule has 2 rings (SSSR count). The van der Waals surface area contributed by atoms with Crippen molar-refractivity contribution in [1.29, 1.82) is 0 Å². The van der Waals surface area contributed by atoms with Gasteiger partial charge in [-0.25, -0.2) is 9.18 Å². The lowest BCUT2D eigenvalue weighted by Gasteiger charge is -2.28. The molecule has 1 heterocycles. The summed E-state index contributed by atoms with van der Waals surface area (Å²) in [6.07, 6.45) is -7.41. The molecular formula is C12H8F4O4. The molecule has 0 spiro atoms. The largest absolute Gasteiger partial charge is 0.478 e. The van der Waals surface area contributed by atoms with Crippen molar-refractivity contribution in [2.45, 2.75) is 18.8 Å². The minimum absolute atomic E-state index is 0.411. The molecule has 0 amide bonds. The smallest absolute Gasteiger partial charge is 0.430 e. The van der Waals surface area contributed by atoms with Crippen molar-refractivity contribution in [2.75, 3.05) is 0 Å². The van der Waals surface area contributed by atoms with Crippen LogP contribution in [0.15, 0.2) is 17.7 Å². The summed E-state index contributed by atoms with van der Waals surface area (Å²) in [6.45, 7) is -3.17. The number of rotatable bonds is 2. The average Bonchev–Trinajstić information content (AvgIpc) is 2.33. The Morgan fingerprint density at radius 1 is 1.45 bits per heavy atom. The molecule has 0 saturated heterocycles. The number of carboxylic acids is 1. The molecule has 0 fully saturated rings. The second kappa shape index (κ2) is 4.78. The van der Waals surface area contributed by atoms with Gasteiger partial charge in [0.1, 0.15) is 11.6 Å². The highest BCUT2D eigenvalue weighted by Gasteiger charge is 2.48. The monoisotopic (exact) mass is 294 g/mol. The SMILES string of the molecule is [2H]C([2H])(O)c1cc(F)cc2c1O[C@@H](C(F)(F)F)C(C(=O)O)=C2. The van der Waals surface area contributed by atoms with Crippen LogP contribution in [-0.2, 0) is 11.4 Å². The first-order valence-electron chi connectivity index (χ1n) is 6.16. The van der Waals surface area contributed by atoms with Crippen LogP contribution < -0.4 is 4.74 Å². The number of halogens is 4. The van der Waals surface area contributed by atoms with Gasteiger partial charge in [0, 0.05) is 11.1 Å². The van der Waals surface area contributed by atoms with Gasteiger partial charge in [0.05, 0.1) is 14.9 Å². The van der Waals surface area contributed by atoms with Gasteiger partial charge in [-0.2, -0.15) is 13.2 Å². The number of hydrogen-bond acceptors (Lipinski definition) is 3. The number of carbonyl (C=O) groups is 1. The lowest BCUT2D eigenvalue weighted by atomic mass is 9.99. The zero-order valence-corrected chi connectivity index (χ0v) is 9.53. The molecule has 108 valence electrons. The fourth-order valence-corrected chi connectivity index (χ4v) is 1.78. The zero-order chi connectivity index (χ0) is 16.9. The van der Waals surface area contributed by atoms with Crippen molar-refractivity contribution in [2.24, 2.45) is 0 Å². The maximum atomic E-state index is 13.4. The fraction of sp³-hybridized carbons (Fsp3) is 0.250. The van der Waals surface area contributed by atoms with Gasteiger partial charge in [0.2, 0.25) is 6.10 Å². The molecule has 1 aromatic carbocycles. The number of aliphatic carboxylic acids is 1. The quantitative estimate of drug-likeness (QED) is 0.820. The van der Waals surface area contributed by atoms with Crippen LogP contribution in [0.25, 0.3) is 6.08 Å². The predicted octanol–water partition coefficient (Wildman–Crippen LogP) is 2.11. The Kier molecular flexibility index (Phi) is 2.80. The van der Waals surface area contributed by atoms with E-state index in [0.717, 1.165) is 0 Å². The molecule has 1 aliphatic heterocycles. The minimum atomic E-state index is -5.09. The summed E-state index contributed by atoms with van der Waals surface area (Å²) in [5.74, 6) is -3.74. The highest BCUT2D eigenvalue weighted by molar-refractivity contribution is 5.95. The highest BCUT2D eigenvalue weighted by Crippen LogP contribution is 2.39. The van der Waals surface area contributed by atoms with Crippen molar-refractivity contribution in [3.8, 4) is 5.75 Å². The number of alkyl halides is 3. The molecule has 4 nitrogen and oxygen atoms in total. The van der Waals surface area contributed by atoms with Crippen LogP contribution in [0.4, 0.5) is 17.6 Å². The van der Waals surface area contributed by atoms with Crippen molar-refractivity contribution < 1.29 is 40.0 Å². The number of ether oxygens (including phenoxy) is 1. The first kappa shape index (κ1) is 11.7. The van der Waals surface area contributed by atoms with E-state index < -0.39 is 53.1 Å². The Balaban J connectivity index is 2.71. The molecule has 2 N–H and O–H groups in total. The molecule has 0 saturated carbocycles. The van der Waals surface area contributed by atoms with Crippen LogP contribution in [0.5, 0.6) is 5.75 Å². The third-order valence-electron chi connectivity index (χ3n) is 2.58. The summed E-state index contributed by atoms with van der Waals surface area (Å²) in [5, 5.41) is 18.1. The van der Waals surface area contributed by atoms with E-state index in [4.69, 9.17) is 7.85 Å². The van der Waals surface area contributed by atoms with E-state index in [9.17, 15) is 27.5 Å². The van der Waals surface area contributed by atoms with E-state index in [0.29, 0.717) is 18.2 Å². The van der Waals surface area contributed by atoms with Crippen LogP contribution in [0.2, 0.25) is 0 Å². The Hall–Kier alpha value is -2.09. The Morgan fingerprint density at radius 3 is 2.60 bits per heavy atom. The Bertz CT molecular complexity index is 664. The maximum Gasteiger partial charge on any atom is 0.430 e. The molecule has 0 radical (unpaired) electrons. The van der Waals surface area contributed by atoms with E-state index in [-0.39, 0.29) is 0 Å². The Labute approximate surface area is 112 Å². The molecule has 20 heavy (non-hydrogen) atoms. The van der Waals surface area contributed by atoms with Crippen molar-refractivity contribution in [1.82, 2.24) is 0 Å². The summed E-state index contributed by atoms with van der Waals surface area (Å²) >= 11 is 0. The van der Waals surface area contributed by atoms with Gasteiger partial charge in [0.15, 0.2) is 0 Å². The summed E-state index contributed by atoms with van der Waals surface area (Å²) in [6, 6.07) is 1.16. The van der Waals surface area contributed by atoms with E-state index in [1.807, 2.05) is 0 Å². The van der Waals surface area contributed by atoms with Crippen molar-refractivity contribution in [3.05, 3.63) is 34.6 Å². The number of benzene rings is 1. The topological polar surface area (TPSA) is 66.8 Å². The van der Waals surface area contributed by atoms with Gasteiger partial charge >= 0.3 is 12.1 Å². The number of hydrogen-bond donors (Lipinski definition) is 2. The molecule has 0 aromatic heterocycles. The number of fused-ring (bicyclic) bond motifs is 1. The van der Waals surface area contributed by atoms with Crippen molar-refractivity contribution in [3.63, 3.8) is 0 Å². The summed E-state index contributed by atoms with van der Waals surface area (Å²) < 4.78 is 70.9. The van der Waals surface area contributed by atoms with Crippen LogP contribution in [0.3, 0.4) is 0 Å². The van der Waals surface area contributed by atoms with Crippen LogP contribution >= 0.6 is 0 Å². The maximum absolute atomic E-state index is 13.4. The number of carboxylic acid groups (broad SMARTS) is 1. The summed E-state index contributed by atoms with van der Waals surface area (Å²) in [5.41, 5.74) is -2.45. The lowest BCUT2D eigenvalue weighted by Crippen LogP contribution is -2.40. The fourth-order valence-electron chi connectivity index (χ4n) is 1.78. The van der Waals surface area contributed by atoms with Gasteiger partial charge in [0.25, 0.3) is 0 Å². The normalized spacial score (nSPS) is 20.2.